The summed E-state index contributed by atoms with van der Waals surface area (Å²) in [5, 5.41) is 6.24. The summed E-state index contributed by atoms with van der Waals surface area (Å²) in [5.74, 6) is 0.726. The zero-order valence-electron chi connectivity index (χ0n) is 12.3. The molecule has 0 aliphatic rings. The van der Waals surface area contributed by atoms with Crippen LogP contribution in [-0.2, 0) is 4.74 Å². The second kappa shape index (κ2) is 6.69. The monoisotopic (exact) mass is 286 g/mol. The van der Waals surface area contributed by atoms with Crippen LogP contribution < -0.4 is 10.6 Å². The van der Waals surface area contributed by atoms with Crippen molar-refractivity contribution in [2.24, 2.45) is 0 Å². The minimum absolute atomic E-state index is 0.273. The third-order valence-electron chi connectivity index (χ3n) is 2.67. The quantitative estimate of drug-likeness (QED) is 0.823. The lowest BCUT2D eigenvalue weighted by molar-refractivity contribution is 0.0602. The van der Waals surface area contributed by atoms with Gasteiger partial charge < -0.3 is 15.4 Å². The Morgan fingerprint density at radius 1 is 1.24 bits per heavy atom. The van der Waals surface area contributed by atoms with E-state index < -0.39 is 5.97 Å². The van der Waals surface area contributed by atoms with Gasteiger partial charge in [0.15, 0.2) is 0 Å². The molecule has 0 unspecified atom stereocenters. The first-order chi connectivity index (χ1) is 10.1. The van der Waals surface area contributed by atoms with Crippen molar-refractivity contribution in [1.29, 1.82) is 0 Å². The van der Waals surface area contributed by atoms with Gasteiger partial charge in [-0.15, -0.1) is 0 Å². The van der Waals surface area contributed by atoms with Gasteiger partial charge in [0.25, 0.3) is 0 Å². The molecule has 0 atom stereocenters. The number of hydrogen-bond acceptors (Lipinski definition) is 6. The summed E-state index contributed by atoms with van der Waals surface area (Å²) >= 11 is 0. The van der Waals surface area contributed by atoms with E-state index in [0.29, 0.717) is 17.2 Å². The summed E-state index contributed by atoms with van der Waals surface area (Å²) in [5.41, 5.74) is 1.04. The zero-order chi connectivity index (χ0) is 15.2. The molecule has 6 heteroatoms. The normalized spacial score (nSPS) is 10.3. The number of carbonyl (C=O) groups excluding carboxylic acids is 1. The van der Waals surface area contributed by atoms with Gasteiger partial charge in [0.1, 0.15) is 5.82 Å². The first kappa shape index (κ1) is 14.8. The SMILES string of the molecule is COC(=O)c1ccccc1Nc1nccc(NC(C)C)n1. The van der Waals surface area contributed by atoms with Crippen LogP contribution in [0.2, 0.25) is 0 Å². The number of methoxy groups -OCH3 is 1. The molecule has 0 radical (unpaired) electrons. The molecule has 2 rings (SSSR count). The summed E-state index contributed by atoms with van der Waals surface area (Å²) in [7, 11) is 1.35. The summed E-state index contributed by atoms with van der Waals surface area (Å²) in [4.78, 5) is 20.2. The van der Waals surface area contributed by atoms with Crippen molar-refractivity contribution in [1.82, 2.24) is 9.97 Å². The number of carbonyl (C=O) groups is 1. The first-order valence-corrected chi connectivity index (χ1v) is 6.64. The van der Waals surface area contributed by atoms with Crippen LogP contribution in [0.25, 0.3) is 0 Å². The molecule has 0 spiro atoms. The molecule has 0 fully saturated rings. The van der Waals surface area contributed by atoms with Crippen LogP contribution in [0.3, 0.4) is 0 Å². The van der Waals surface area contributed by atoms with Crippen LogP contribution in [0, 0.1) is 0 Å². The van der Waals surface area contributed by atoms with Gasteiger partial charge >= 0.3 is 5.97 Å². The fourth-order valence-electron chi connectivity index (χ4n) is 1.80. The van der Waals surface area contributed by atoms with Crippen molar-refractivity contribution in [2.45, 2.75) is 19.9 Å². The van der Waals surface area contributed by atoms with Crippen LogP contribution in [0.15, 0.2) is 36.5 Å². The van der Waals surface area contributed by atoms with E-state index in [0.717, 1.165) is 5.82 Å². The highest BCUT2D eigenvalue weighted by atomic mass is 16.5. The fourth-order valence-corrected chi connectivity index (χ4v) is 1.80. The third-order valence-corrected chi connectivity index (χ3v) is 2.67. The lowest BCUT2D eigenvalue weighted by Gasteiger charge is -2.12. The number of nitrogens with one attached hydrogen (secondary N) is 2. The lowest BCUT2D eigenvalue weighted by Crippen LogP contribution is -2.12. The maximum Gasteiger partial charge on any atom is 0.339 e. The van der Waals surface area contributed by atoms with E-state index >= 15 is 0 Å². The molecule has 1 aromatic carbocycles. The largest absolute Gasteiger partial charge is 0.465 e. The van der Waals surface area contributed by atoms with E-state index in [1.165, 1.54) is 7.11 Å². The van der Waals surface area contributed by atoms with Gasteiger partial charge in [-0.25, -0.2) is 9.78 Å². The molecule has 110 valence electrons. The highest BCUT2D eigenvalue weighted by Gasteiger charge is 2.12. The van der Waals surface area contributed by atoms with Gasteiger partial charge in [0.05, 0.1) is 18.4 Å². The van der Waals surface area contributed by atoms with Gasteiger partial charge in [-0.2, -0.15) is 4.98 Å². The van der Waals surface area contributed by atoms with E-state index in [1.54, 1.807) is 30.5 Å². The minimum atomic E-state index is -0.408. The topological polar surface area (TPSA) is 76.1 Å². The molecule has 2 aromatic rings. The number of rotatable bonds is 5. The van der Waals surface area contributed by atoms with E-state index in [2.05, 4.69) is 20.6 Å². The Morgan fingerprint density at radius 2 is 2.00 bits per heavy atom. The zero-order valence-corrected chi connectivity index (χ0v) is 12.3. The van der Waals surface area contributed by atoms with Crippen molar-refractivity contribution in [3.8, 4) is 0 Å². The van der Waals surface area contributed by atoms with E-state index in [4.69, 9.17) is 4.74 Å². The molecule has 1 heterocycles. The summed E-state index contributed by atoms with van der Waals surface area (Å²) in [6.07, 6.45) is 1.65. The Kier molecular flexibility index (Phi) is 4.71. The average molecular weight is 286 g/mol. The van der Waals surface area contributed by atoms with E-state index in [9.17, 15) is 4.79 Å². The molecule has 0 aliphatic carbocycles. The lowest BCUT2D eigenvalue weighted by atomic mass is 10.2. The van der Waals surface area contributed by atoms with Gasteiger partial charge in [0, 0.05) is 12.2 Å². The van der Waals surface area contributed by atoms with Crippen molar-refractivity contribution in [2.75, 3.05) is 17.7 Å². The molecule has 0 aliphatic heterocycles. The number of esters is 1. The molecule has 6 nitrogen and oxygen atoms in total. The fraction of sp³-hybridized carbons (Fsp3) is 0.267. The van der Waals surface area contributed by atoms with Crippen LogP contribution in [0.4, 0.5) is 17.5 Å². The number of aromatic nitrogens is 2. The Hall–Kier alpha value is -2.63. The van der Waals surface area contributed by atoms with E-state index in [1.807, 2.05) is 19.9 Å². The predicted octanol–water partition coefficient (Wildman–Crippen LogP) is 2.83. The minimum Gasteiger partial charge on any atom is -0.465 e. The molecular formula is C15H18N4O2. The van der Waals surface area contributed by atoms with Crippen molar-refractivity contribution in [3.05, 3.63) is 42.1 Å². The van der Waals surface area contributed by atoms with Gasteiger partial charge in [-0.05, 0) is 32.0 Å². The summed E-state index contributed by atoms with van der Waals surface area (Å²) < 4.78 is 4.76. The Morgan fingerprint density at radius 3 is 2.71 bits per heavy atom. The van der Waals surface area contributed by atoms with Crippen LogP contribution in [0.5, 0.6) is 0 Å². The molecule has 0 saturated heterocycles. The van der Waals surface area contributed by atoms with Crippen LogP contribution in [-0.4, -0.2) is 29.1 Å². The maximum atomic E-state index is 11.7. The van der Waals surface area contributed by atoms with Gasteiger partial charge in [-0.3, -0.25) is 0 Å². The second-order valence-corrected chi connectivity index (χ2v) is 4.73. The molecule has 0 bridgehead atoms. The van der Waals surface area contributed by atoms with Crippen LogP contribution >= 0.6 is 0 Å². The highest BCUT2D eigenvalue weighted by molar-refractivity contribution is 5.96. The summed E-state index contributed by atoms with van der Waals surface area (Å²) in [6.45, 7) is 4.06. The average Bonchev–Trinajstić information content (AvgIpc) is 2.47. The van der Waals surface area contributed by atoms with Crippen LogP contribution in [0.1, 0.15) is 24.2 Å². The van der Waals surface area contributed by atoms with Crippen molar-refractivity contribution in [3.63, 3.8) is 0 Å². The second-order valence-electron chi connectivity index (χ2n) is 4.73. The Bertz CT molecular complexity index is 629. The molecule has 2 N–H and O–H groups in total. The standard InChI is InChI=1S/C15H18N4O2/c1-10(2)17-13-8-9-16-15(19-13)18-12-7-5-4-6-11(12)14(20)21-3/h4-10H,1-3H3,(H2,16,17,18,19). The number of ether oxygens (including phenoxy) is 1. The Labute approximate surface area is 123 Å². The predicted molar refractivity (Wildman–Crippen MR) is 81.9 cm³/mol. The number of nitrogens with zero attached hydrogens (tertiary/aromatic N) is 2. The molecule has 0 amide bonds. The molecule has 1 aromatic heterocycles. The van der Waals surface area contributed by atoms with Gasteiger partial charge in [-0.1, -0.05) is 12.1 Å². The highest BCUT2D eigenvalue weighted by Crippen LogP contribution is 2.20. The van der Waals surface area contributed by atoms with Crippen molar-refractivity contribution >= 4 is 23.4 Å². The van der Waals surface area contributed by atoms with Crippen molar-refractivity contribution < 1.29 is 9.53 Å². The first-order valence-electron chi connectivity index (χ1n) is 6.64. The maximum absolute atomic E-state index is 11.7. The summed E-state index contributed by atoms with van der Waals surface area (Å²) in [6, 6.07) is 9.12. The third kappa shape index (κ3) is 3.92. The number of hydrogen-bond donors (Lipinski definition) is 2. The molecule has 21 heavy (non-hydrogen) atoms. The number of benzene rings is 1. The Balaban J connectivity index is 2.24. The number of para-hydroxylation sites is 1. The number of anilines is 3. The smallest absolute Gasteiger partial charge is 0.339 e. The molecule has 0 saturated carbocycles. The molecular weight excluding hydrogens is 268 g/mol. The van der Waals surface area contributed by atoms with E-state index in [-0.39, 0.29) is 6.04 Å². The van der Waals surface area contributed by atoms with Gasteiger partial charge in [0.2, 0.25) is 5.95 Å².